The summed E-state index contributed by atoms with van der Waals surface area (Å²) in [7, 11) is 1.60. The van der Waals surface area contributed by atoms with E-state index in [4.69, 9.17) is 4.74 Å². The summed E-state index contributed by atoms with van der Waals surface area (Å²) in [6.45, 7) is 0.367. The highest BCUT2D eigenvalue weighted by atomic mass is 19.1. The van der Waals surface area contributed by atoms with Gasteiger partial charge in [-0.25, -0.2) is 4.39 Å². The number of nitrogens with one attached hydrogen (secondary N) is 1. The highest BCUT2D eigenvalue weighted by Gasteiger charge is 1.98. The topological polar surface area (TPSA) is 38.3 Å². The first kappa shape index (κ1) is 14.8. The molecule has 0 aliphatic heterocycles. The van der Waals surface area contributed by atoms with Gasteiger partial charge in [0, 0.05) is 12.6 Å². The summed E-state index contributed by atoms with van der Waals surface area (Å²) in [6, 6.07) is 13.4. The van der Waals surface area contributed by atoms with Crippen molar-refractivity contribution in [2.45, 2.75) is 6.54 Å². The maximum absolute atomic E-state index is 12.7. The Morgan fingerprint density at radius 2 is 1.81 bits per heavy atom. The number of halogens is 1. The van der Waals surface area contributed by atoms with Gasteiger partial charge in [-0.1, -0.05) is 24.3 Å². The number of hydrogen-bond acceptors (Lipinski definition) is 2. The van der Waals surface area contributed by atoms with Crippen LogP contribution < -0.4 is 10.1 Å². The monoisotopic (exact) mass is 285 g/mol. The number of carbonyl (C=O) groups is 1. The van der Waals surface area contributed by atoms with E-state index >= 15 is 0 Å². The van der Waals surface area contributed by atoms with E-state index in [9.17, 15) is 9.18 Å². The molecule has 2 rings (SSSR count). The SMILES string of the molecule is COc1ccc(/C=C/C(=O)NCc2ccc(F)cc2)cc1. The first-order chi connectivity index (χ1) is 10.2. The molecule has 2 aromatic carbocycles. The second kappa shape index (κ2) is 7.24. The van der Waals surface area contributed by atoms with Crippen molar-refractivity contribution in [3.8, 4) is 5.75 Å². The zero-order valence-electron chi connectivity index (χ0n) is 11.7. The average molecular weight is 285 g/mol. The summed E-state index contributed by atoms with van der Waals surface area (Å²) in [5.41, 5.74) is 1.76. The molecule has 0 saturated carbocycles. The van der Waals surface area contributed by atoms with E-state index in [2.05, 4.69) is 5.32 Å². The second-order valence-electron chi connectivity index (χ2n) is 4.45. The second-order valence-corrected chi connectivity index (χ2v) is 4.45. The van der Waals surface area contributed by atoms with Crippen molar-refractivity contribution >= 4 is 12.0 Å². The van der Waals surface area contributed by atoms with Gasteiger partial charge in [-0.3, -0.25) is 4.79 Å². The third kappa shape index (κ3) is 4.76. The number of ether oxygens (including phenoxy) is 1. The van der Waals surface area contributed by atoms with E-state index in [1.54, 1.807) is 25.3 Å². The molecular formula is C17H16FNO2. The Morgan fingerprint density at radius 3 is 2.43 bits per heavy atom. The van der Waals surface area contributed by atoms with Crippen LogP contribution in [0.2, 0.25) is 0 Å². The van der Waals surface area contributed by atoms with Crippen LogP contribution in [0.1, 0.15) is 11.1 Å². The molecule has 21 heavy (non-hydrogen) atoms. The lowest BCUT2D eigenvalue weighted by Gasteiger charge is -2.02. The Morgan fingerprint density at radius 1 is 1.14 bits per heavy atom. The molecule has 3 nitrogen and oxygen atoms in total. The molecule has 0 unspecified atom stereocenters. The number of benzene rings is 2. The molecule has 0 bridgehead atoms. The molecule has 4 heteroatoms. The molecule has 108 valence electrons. The summed E-state index contributed by atoms with van der Waals surface area (Å²) < 4.78 is 17.8. The minimum absolute atomic E-state index is 0.199. The first-order valence-corrected chi connectivity index (χ1v) is 6.52. The molecule has 1 N–H and O–H groups in total. The number of amides is 1. The molecule has 0 radical (unpaired) electrons. The number of hydrogen-bond donors (Lipinski definition) is 1. The molecule has 0 heterocycles. The number of rotatable bonds is 5. The van der Waals surface area contributed by atoms with E-state index in [1.807, 2.05) is 24.3 Å². The third-order valence-electron chi connectivity index (χ3n) is 2.92. The lowest BCUT2D eigenvalue weighted by molar-refractivity contribution is -0.116. The van der Waals surface area contributed by atoms with E-state index < -0.39 is 0 Å². The highest BCUT2D eigenvalue weighted by Crippen LogP contribution is 2.12. The Hall–Kier alpha value is -2.62. The van der Waals surface area contributed by atoms with E-state index in [1.165, 1.54) is 18.2 Å². The Labute approximate surface area is 123 Å². The normalized spacial score (nSPS) is 10.6. The molecule has 0 atom stereocenters. The summed E-state index contributed by atoms with van der Waals surface area (Å²) in [5.74, 6) is 0.285. The zero-order valence-corrected chi connectivity index (χ0v) is 11.7. The van der Waals surface area contributed by atoms with Gasteiger partial charge in [-0.05, 0) is 41.5 Å². The maximum Gasteiger partial charge on any atom is 0.244 e. The summed E-state index contributed by atoms with van der Waals surface area (Å²) in [5, 5.41) is 2.74. The van der Waals surface area contributed by atoms with E-state index in [-0.39, 0.29) is 11.7 Å². The first-order valence-electron chi connectivity index (χ1n) is 6.52. The maximum atomic E-state index is 12.7. The Bertz CT molecular complexity index is 618. The molecule has 0 aliphatic rings. The van der Waals surface area contributed by atoms with Gasteiger partial charge in [0.1, 0.15) is 11.6 Å². The van der Waals surface area contributed by atoms with Gasteiger partial charge in [0.05, 0.1) is 7.11 Å². The van der Waals surface area contributed by atoms with Crippen molar-refractivity contribution in [3.63, 3.8) is 0 Å². The van der Waals surface area contributed by atoms with Crippen molar-refractivity contribution in [1.82, 2.24) is 5.32 Å². The predicted molar refractivity (Wildman–Crippen MR) is 80.3 cm³/mol. The fourth-order valence-electron chi connectivity index (χ4n) is 1.74. The fourth-order valence-corrected chi connectivity index (χ4v) is 1.74. The zero-order chi connectivity index (χ0) is 15.1. The molecule has 0 aliphatic carbocycles. The molecular weight excluding hydrogens is 269 g/mol. The van der Waals surface area contributed by atoms with Crippen LogP contribution in [-0.4, -0.2) is 13.0 Å². The van der Waals surface area contributed by atoms with Crippen LogP contribution >= 0.6 is 0 Å². The number of carbonyl (C=O) groups excluding carboxylic acids is 1. The van der Waals surface area contributed by atoms with Gasteiger partial charge < -0.3 is 10.1 Å². The van der Waals surface area contributed by atoms with Crippen molar-refractivity contribution in [2.75, 3.05) is 7.11 Å². The van der Waals surface area contributed by atoms with Crippen LogP contribution in [-0.2, 0) is 11.3 Å². The predicted octanol–water partition coefficient (Wildman–Crippen LogP) is 3.16. The van der Waals surface area contributed by atoms with Crippen LogP contribution in [0, 0.1) is 5.82 Å². The third-order valence-corrected chi connectivity index (χ3v) is 2.92. The number of methoxy groups -OCH3 is 1. The van der Waals surface area contributed by atoms with Crippen molar-refractivity contribution in [2.24, 2.45) is 0 Å². The lowest BCUT2D eigenvalue weighted by atomic mass is 10.2. The Balaban J connectivity index is 1.85. The van der Waals surface area contributed by atoms with Gasteiger partial charge in [0.15, 0.2) is 0 Å². The van der Waals surface area contributed by atoms with E-state index in [0.717, 1.165) is 16.9 Å². The van der Waals surface area contributed by atoms with Crippen molar-refractivity contribution in [1.29, 1.82) is 0 Å². The molecule has 0 spiro atoms. The lowest BCUT2D eigenvalue weighted by Crippen LogP contribution is -2.20. The molecule has 0 fully saturated rings. The highest BCUT2D eigenvalue weighted by molar-refractivity contribution is 5.91. The van der Waals surface area contributed by atoms with Crippen LogP contribution in [0.4, 0.5) is 4.39 Å². The van der Waals surface area contributed by atoms with Crippen molar-refractivity contribution < 1.29 is 13.9 Å². The van der Waals surface area contributed by atoms with Gasteiger partial charge in [-0.15, -0.1) is 0 Å². The van der Waals surface area contributed by atoms with Crippen LogP contribution in [0.3, 0.4) is 0 Å². The van der Waals surface area contributed by atoms with Crippen LogP contribution in [0.5, 0.6) is 5.75 Å². The van der Waals surface area contributed by atoms with Crippen LogP contribution in [0.25, 0.3) is 6.08 Å². The van der Waals surface area contributed by atoms with Gasteiger partial charge >= 0.3 is 0 Å². The standard InChI is InChI=1S/C17H16FNO2/c1-21-16-9-4-13(5-10-16)6-11-17(20)19-12-14-2-7-15(18)8-3-14/h2-11H,12H2,1H3,(H,19,20)/b11-6+. The van der Waals surface area contributed by atoms with Gasteiger partial charge in [0.25, 0.3) is 0 Å². The molecule has 0 saturated heterocycles. The van der Waals surface area contributed by atoms with Gasteiger partial charge in [-0.2, -0.15) is 0 Å². The fraction of sp³-hybridized carbons (Fsp3) is 0.118. The van der Waals surface area contributed by atoms with Gasteiger partial charge in [0.2, 0.25) is 5.91 Å². The molecule has 0 aromatic heterocycles. The summed E-state index contributed by atoms with van der Waals surface area (Å²) in [6.07, 6.45) is 3.19. The summed E-state index contributed by atoms with van der Waals surface area (Å²) >= 11 is 0. The largest absolute Gasteiger partial charge is 0.497 e. The van der Waals surface area contributed by atoms with Crippen LogP contribution in [0.15, 0.2) is 54.6 Å². The quantitative estimate of drug-likeness (QED) is 0.857. The molecule has 2 aromatic rings. The minimum Gasteiger partial charge on any atom is -0.497 e. The Kier molecular flexibility index (Phi) is 5.10. The van der Waals surface area contributed by atoms with E-state index in [0.29, 0.717) is 6.54 Å². The summed E-state index contributed by atoms with van der Waals surface area (Å²) in [4.78, 5) is 11.7. The molecule has 1 amide bonds. The smallest absolute Gasteiger partial charge is 0.244 e. The van der Waals surface area contributed by atoms with Crippen molar-refractivity contribution in [3.05, 3.63) is 71.6 Å². The average Bonchev–Trinajstić information content (AvgIpc) is 2.53. The minimum atomic E-state index is -0.288.